The zero-order chi connectivity index (χ0) is 23.2. The van der Waals surface area contributed by atoms with E-state index in [9.17, 15) is 9.90 Å². The second-order valence-corrected chi connectivity index (χ2v) is 11.5. The van der Waals surface area contributed by atoms with Gasteiger partial charge < -0.3 is 28.8 Å². The van der Waals surface area contributed by atoms with Crippen LogP contribution in [0.1, 0.15) is 48.0 Å². The minimum atomic E-state index is -1.72. The summed E-state index contributed by atoms with van der Waals surface area (Å²) in [5, 5.41) is 12.1. The lowest BCUT2D eigenvalue weighted by Gasteiger charge is -2.53. The van der Waals surface area contributed by atoms with E-state index >= 15 is 0 Å². The van der Waals surface area contributed by atoms with Crippen LogP contribution in [0.15, 0.2) is 24.3 Å². The van der Waals surface area contributed by atoms with Crippen molar-refractivity contribution in [2.75, 3.05) is 19.8 Å². The van der Waals surface area contributed by atoms with Crippen LogP contribution in [0.4, 0.5) is 0 Å². The first-order valence-corrected chi connectivity index (χ1v) is 11.7. The van der Waals surface area contributed by atoms with Crippen molar-refractivity contribution in [1.82, 2.24) is 0 Å². The van der Waals surface area contributed by atoms with Gasteiger partial charge >= 0.3 is 0 Å². The maximum atomic E-state index is 14.4. The Balaban J connectivity index is 1.57. The Morgan fingerprint density at radius 2 is 1.69 bits per heavy atom. The van der Waals surface area contributed by atoms with E-state index in [-0.39, 0.29) is 30.0 Å². The summed E-state index contributed by atoms with van der Waals surface area (Å²) in [4.78, 5) is 14.4. The minimum absolute atomic E-state index is 0.0582. The summed E-state index contributed by atoms with van der Waals surface area (Å²) in [7, 11) is 0. The number of ketones is 1. The van der Waals surface area contributed by atoms with Gasteiger partial charge in [-0.15, -0.1) is 0 Å². The first-order valence-electron chi connectivity index (χ1n) is 11.7. The molecular weight excluding hydrogens is 412 g/mol. The lowest BCUT2D eigenvalue weighted by Crippen LogP contribution is -2.64. The second-order valence-electron chi connectivity index (χ2n) is 11.5. The van der Waals surface area contributed by atoms with E-state index in [2.05, 4.69) is 19.1 Å². The van der Waals surface area contributed by atoms with Gasteiger partial charge in [0.15, 0.2) is 17.4 Å². The molecular formula is C25H36O7. The number of hydrogen-bond donors (Lipinski definition) is 1. The van der Waals surface area contributed by atoms with Crippen LogP contribution in [0, 0.1) is 22.7 Å². The maximum absolute atomic E-state index is 14.4. The summed E-state index contributed by atoms with van der Waals surface area (Å²) in [6.45, 7) is 12.8. The smallest absolute Gasteiger partial charge is 0.185 e. The summed E-state index contributed by atoms with van der Waals surface area (Å²) < 4.78 is 29.8. The van der Waals surface area contributed by atoms with Gasteiger partial charge in [0, 0.05) is 22.7 Å². The fraction of sp³-hybridized carbons (Fsp3) is 0.800. The number of rotatable bonds is 2. The molecule has 178 valence electrons. The number of Topliss-reactive ketones (excluding diaryl/α,β-unsaturated/α-hetero) is 1. The molecule has 0 unspecified atom stereocenters. The molecule has 0 bridgehead atoms. The zero-order valence-corrected chi connectivity index (χ0v) is 19.9. The van der Waals surface area contributed by atoms with E-state index in [0.717, 1.165) is 0 Å². The molecule has 0 aromatic rings. The van der Waals surface area contributed by atoms with Crippen molar-refractivity contribution in [3.05, 3.63) is 24.3 Å². The summed E-state index contributed by atoms with van der Waals surface area (Å²) in [6, 6.07) is 0. The Labute approximate surface area is 190 Å². The van der Waals surface area contributed by atoms with Crippen LogP contribution in [0.2, 0.25) is 0 Å². The van der Waals surface area contributed by atoms with Gasteiger partial charge in [-0.05, 0) is 39.3 Å². The van der Waals surface area contributed by atoms with Gasteiger partial charge in [0.25, 0.3) is 0 Å². The van der Waals surface area contributed by atoms with Crippen molar-refractivity contribution >= 4 is 5.78 Å². The summed E-state index contributed by atoms with van der Waals surface area (Å²) >= 11 is 0. The molecule has 0 amide bonds. The molecule has 4 fully saturated rings. The van der Waals surface area contributed by atoms with Gasteiger partial charge in [0.2, 0.25) is 0 Å². The highest BCUT2D eigenvalue weighted by Crippen LogP contribution is 2.60. The lowest BCUT2D eigenvalue weighted by molar-refractivity contribution is -0.307. The van der Waals surface area contributed by atoms with Gasteiger partial charge in [-0.3, -0.25) is 4.79 Å². The Hall–Kier alpha value is -1.09. The van der Waals surface area contributed by atoms with E-state index in [1.54, 1.807) is 19.1 Å². The molecule has 3 aliphatic heterocycles. The fourth-order valence-electron chi connectivity index (χ4n) is 6.17. The van der Waals surface area contributed by atoms with Crippen LogP contribution in [0.25, 0.3) is 0 Å². The van der Waals surface area contributed by atoms with Gasteiger partial charge in [-0.1, -0.05) is 32.9 Å². The number of hydrogen-bond acceptors (Lipinski definition) is 7. The van der Waals surface area contributed by atoms with E-state index in [1.807, 2.05) is 27.7 Å². The first-order chi connectivity index (χ1) is 14.8. The minimum Gasteiger partial charge on any atom is -0.377 e. The number of aliphatic hydroxyl groups is 1. The monoisotopic (exact) mass is 448 g/mol. The van der Waals surface area contributed by atoms with E-state index in [0.29, 0.717) is 26.2 Å². The molecule has 1 saturated carbocycles. The van der Waals surface area contributed by atoms with Crippen LogP contribution < -0.4 is 0 Å². The van der Waals surface area contributed by atoms with Crippen LogP contribution in [0.3, 0.4) is 0 Å². The predicted molar refractivity (Wildman–Crippen MR) is 116 cm³/mol. The number of carbonyl (C=O) groups excluding carboxylic acids is 1. The number of fused-ring (bicyclic) bond motifs is 6. The second kappa shape index (κ2) is 6.96. The third kappa shape index (κ3) is 3.28. The molecule has 3 saturated heterocycles. The zero-order valence-electron chi connectivity index (χ0n) is 19.9. The average molecular weight is 449 g/mol. The summed E-state index contributed by atoms with van der Waals surface area (Å²) in [5.41, 5.74) is -3.00. The van der Waals surface area contributed by atoms with Crippen LogP contribution in [-0.4, -0.2) is 66.2 Å². The lowest BCUT2D eigenvalue weighted by atomic mass is 9.53. The molecule has 32 heavy (non-hydrogen) atoms. The fourth-order valence-corrected chi connectivity index (χ4v) is 6.17. The molecule has 3 heterocycles. The van der Waals surface area contributed by atoms with Crippen molar-refractivity contribution in [2.24, 2.45) is 22.7 Å². The Morgan fingerprint density at radius 3 is 2.38 bits per heavy atom. The first kappa shape index (κ1) is 22.7. The van der Waals surface area contributed by atoms with Crippen molar-refractivity contribution in [3.8, 4) is 0 Å². The molecule has 2 aliphatic carbocycles. The van der Waals surface area contributed by atoms with Crippen LogP contribution in [-0.2, 0) is 28.5 Å². The average Bonchev–Trinajstić information content (AvgIpc) is 3.41. The highest BCUT2D eigenvalue weighted by Gasteiger charge is 2.71. The number of carbonyl (C=O) groups is 1. The van der Waals surface area contributed by atoms with Crippen molar-refractivity contribution < 1.29 is 33.6 Å². The van der Waals surface area contributed by atoms with Crippen LogP contribution >= 0.6 is 0 Å². The van der Waals surface area contributed by atoms with Gasteiger partial charge in [-0.25, -0.2) is 0 Å². The maximum Gasteiger partial charge on any atom is 0.185 e. The quantitative estimate of drug-likeness (QED) is 0.513. The Morgan fingerprint density at radius 1 is 1.00 bits per heavy atom. The van der Waals surface area contributed by atoms with Crippen molar-refractivity contribution in [3.63, 3.8) is 0 Å². The van der Waals surface area contributed by atoms with Crippen molar-refractivity contribution in [1.29, 1.82) is 0 Å². The van der Waals surface area contributed by atoms with Crippen molar-refractivity contribution in [2.45, 2.75) is 83.5 Å². The molecule has 0 spiro atoms. The molecule has 0 radical (unpaired) electrons. The summed E-state index contributed by atoms with van der Waals surface area (Å²) in [5.74, 6) is -2.63. The normalized spacial score (nSPS) is 49.5. The third-order valence-electron chi connectivity index (χ3n) is 8.31. The van der Waals surface area contributed by atoms with E-state index in [4.69, 9.17) is 23.7 Å². The highest BCUT2D eigenvalue weighted by molar-refractivity contribution is 5.94. The molecule has 7 nitrogen and oxygen atoms in total. The molecule has 5 aliphatic rings. The van der Waals surface area contributed by atoms with Gasteiger partial charge in [-0.2, -0.15) is 0 Å². The number of allylic oxidation sites excluding steroid dienone is 1. The Bertz CT molecular complexity index is 854. The topological polar surface area (TPSA) is 86.8 Å². The van der Waals surface area contributed by atoms with E-state index < -0.39 is 33.9 Å². The molecule has 0 aromatic carbocycles. The predicted octanol–water partition coefficient (Wildman–Crippen LogP) is 2.76. The molecule has 0 aromatic heterocycles. The van der Waals surface area contributed by atoms with E-state index in [1.165, 1.54) is 0 Å². The molecule has 5 rings (SSSR count). The molecule has 1 N–H and O–H groups in total. The van der Waals surface area contributed by atoms with Gasteiger partial charge in [0.1, 0.15) is 11.7 Å². The molecule has 7 heteroatoms. The number of ether oxygens (including phenoxy) is 5. The highest BCUT2D eigenvalue weighted by atomic mass is 16.7. The number of epoxide rings is 1. The summed E-state index contributed by atoms with van der Waals surface area (Å²) in [6.07, 6.45) is 7.65. The SMILES string of the molecule is CC1(C)OC[C@@H]2[C@@H](O1)[C@H]1O[C@H]1[C@@]1(C)/C=C/CC(C)(C)[C@@](O)(/C=C/C3(C)OCCO3)C(=O)[C@@H]21. The van der Waals surface area contributed by atoms with Crippen LogP contribution in [0.5, 0.6) is 0 Å². The Kier molecular flexibility index (Phi) is 4.94. The third-order valence-corrected chi connectivity index (χ3v) is 8.31. The largest absolute Gasteiger partial charge is 0.377 e. The van der Waals surface area contributed by atoms with Gasteiger partial charge in [0.05, 0.1) is 32.0 Å². The standard InChI is InChI=1S/C25H36O7/c1-21(2)8-7-9-23(5)16(15-14-30-22(3,4)32-17(15)18-20(23)31-18)19(26)25(21,27)11-10-24(6)28-12-13-29-24/h7,9-11,15-18,20,27H,8,12-14H2,1-6H3/b9-7+,11-10+/t15-,16+,17+,18+,20+,23-,25+/m0/s1. The molecule has 7 atom stereocenters.